The number of nitrogens with zero attached hydrogens (tertiary/aromatic N) is 1. The molecule has 0 bridgehead atoms. The van der Waals surface area contributed by atoms with Crippen LogP contribution in [0.25, 0.3) is 0 Å². The summed E-state index contributed by atoms with van der Waals surface area (Å²) in [5.74, 6) is 0.0301. The number of carbonyl (C=O) groups excluding carboxylic acids is 1. The van der Waals surface area contributed by atoms with Crippen LogP contribution in [0.15, 0.2) is 47.5 Å². The summed E-state index contributed by atoms with van der Waals surface area (Å²) in [7, 11) is 0. The van der Waals surface area contributed by atoms with Gasteiger partial charge in [-0.15, -0.1) is 0 Å². The zero-order valence-electron chi connectivity index (χ0n) is 10.4. The van der Waals surface area contributed by atoms with E-state index in [1.165, 1.54) is 0 Å². The van der Waals surface area contributed by atoms with Crippen molar-refractivity contribution in [1.29, 1.82) is 0 Å². The Kier molecular flexibility index (Phi) is 5.44. The van der Waals surface area contributed by atoms with Gasteiger partial charge in [0.05, 0.1) is 0 Å². The summed E-state index contributed by atoms with van der Waals surface area (Å²) in [4.78, 5) is 15.5. The number of nitrogens with one attached hydrogen (secondary N) is 2. The van der Waals surface area contributed by atoms with Crippen LogP contribution >= 0.6 is 0 Å². The molecular formula is C13H18N4O. The number of benzene rings is 1. The zero-order valence-corrected chi connectivity index (χ0v) is 10.4. The van der Waals surface area contributed by atoms with Gasteiger partial charge < -0.3 is 16.4 Å². The molecule has 5 heteroatoms. The van der Waals surface area contributed by atoms with Crippen LogP contribution in [0.3, 0.4) is 0 Å². The second-order valence-electron chi connectivity index (χ2n) is 3.93. The maximum absolute atomic E-state index is 11.5. The highest BCUT2D eigenvalue weighted by Crippen LogP contribution is 2.04. The maximum atomic E-state index is 11.5. The molecule has 1 aromatic rings. The molecule has 0 spiro atoms. The molecule has 0 saturated heterocycles. The van der Waals surface area contributed by atoms with Gasteiger partial charge in [-0.1, -0.05) is 30.4 Å². The molecule has 1 aromatic carbocycles. The quantitative estimate of drug-likeness (QED) is 0.413. The number of anilines is 1. The smallest absolute Gasteiger partial charge is 0.246 e. The van der Waals surface area contributed by atoms with Crippen LogP contribution in [0.1, 0.15) is 6.92 Å². The number of rotatable bonds is 5. The van der Waals surface area contributed by atoms with Crippen molar-refractivity contribution in [1.82, 2.24) is 5.32 Å². The average molecular weight is 246 g/mol. The summed E-state index contributed by atoms with van der Waals surface area (Å²) < 4.78 is 0. The monoisotopic (exact) mass is 246 g/mol. The molecule has 0 aliphatic heterocycles. The van der Waals surface area contributed by atoms with Gasteiger partial charge in [-0.3, -0.25) is 4.79 Å². The Balaban J connectivity index is 2.36. The topological polar surface area (TPSA) is 79.5 Å². The summed E-state index contributed by atoms with van der Waals surface area (Å²) in [6.45, 7) is 6.14. The molecule has 5 nitrogen and oxygen atoms in total. The van der Waals surface area contributed by atoms with Crippen molar-refractivity contribution in [2.75, 3.05) is 18.4 Å². The van der Waals surface area contributed by atoms with E-state index in [2.05, 4.69) is 22.2 Å². The van der Waals surface area contributed by atoms with Crippen LogP contribution in [0, 0.1) is 0 Å². The van der Waals surface area contributed by atoms with Crippen LogP contribution < -0.4 is 16.4 Å². The molecule has 0 fully saturated rings. The Bertz CT molecular complexity index is 440. The van der Waals surface area contributed by atoms with Gasteiger partial charge in [0.1, 0.15) is 6.54 Å². The Morgan fingerprint density at radius 1 is 1.39 bits per heavy atom. The third-order valence-corrected chi connectivity index (χ3v) is 2.02. The van der Waals surface area contributed by atoms with Gasteiger partial charge in [0.15, 0.2) is 5.96 Å². The van der Waals surface area contributed by atoms with E-state index >= 15 is 0 Å². The lowest BCUT2D eigenvalue weighted by Crippen LogP contribution is -2.33. The summed E-state index contributed by atoms with van der Waals surface area (Å²) in [6.07, 6.45) is 0. The lowest BCUT2D eigenvalue weighted by atomic mass is 10.3. The number of guanidine groups is 1. The van der Waals surface area contributed by atoms with Crippen molar-refractivity contribution in [3.05, 3.63) is 42.5 Å². The highest BCUT2D eigenvalue weighted by molar-refractivity contribution is 5.93. The molecular weight excluding hydrogens is 228 g/mol. The van der Waals surface area contributed by atoms with Gasteiger partial charge in [0, 0.05) is 12.2 Å². The fourth-order valence-corrected chi connectivity index (χ4v) is 1.18. The highest BCUT2D eigenvalue weighted by atomic mass is 16.1. The first-order valence-corrected chi connectivity index (χ1v) is 5.61. The minimum absolute atomic E-state index is 0.0100. The van der Waals surface area contributed by atoms with Crippen LogP contribution in [-0.2, 0) is 4.79 Å². The average Bonchev–Trinajstić information content (AvgIpc) is 2.35. The number of amides is 1. The van der Waals surface area contributed by atoms with E-state index in [0.717, 1.165) is 11.3 Å². The van der Waals surface area contributed by atoms with Crippen LogP contribution in [0.2, 0.25) is 0 Å². The Labute approximate surface area is 107 Å². The molecule has 0 aromatic heterocycles. The Hall–Kier alpha value is -2.30. The first kappa shape index (κ1) is 13.8. The minimum Gasteiger partial charge on any atom is -0.370 e. The van der Waals surface area contributed by atoms with Crippen molar-refractivity contribution >= 4 is 17.6 Å². The molecule has 0 aliphatic carbocycles. The van der Waals surface area contributed by atoms with Crippen LogP contribution in [0.5, 0.6) is 0 Å². The van der Waals surface area contributed by atoms with Crippen LogP contribution in [0.4, 0.5) is 5.69 Å². The van der Waals surface area contributed by atoms with Gasteiger partial charge in [0.25, 0.3) is 0 Å². The lowest BCUT2D eigenvalue weighted by Gasteiger charge is -2.05. The van der Waals surface area contributed by atoms with E-state index in [-0.39, 0.29) is 18.4 Å². The predicted molar refractivity (Wildman–Crippen MR) is 74.4 cm³/mol. The lowest BCUT2D eigenvalue weighted by molar-refractivity contribution is -0.114. The molecule has 0 heterocycles. The van der Waals surface area contributed by atoms with E-state index in [4.69, 9.17) is 5.73 Å². The Morgan fingerprint density at radius 3 is 2.67 bits per heavy atom. The molecule has 1 amide bonds. The van der Waals surface area contributed by atoms with E-state index in [9.17, 15) is 4.79 Å². The molecule has 0 unspecified atom stereocenters. The van der Waals surface area contributed by atoms with Gasteiger partial charge in [0.2, 0.25) is 5.91 Å². The number of hydrogen-bond donors (Lipinski definition) is 3. The largest absolute Gasteiger partial charge is 0.370 e. The van der Waals surface area contributed by atoms with Crippen molar-refractivity contribution < 1.29 is 4.79 Å². The molecule has 0 aliphatic rings. The van der Waals surface area contributed by atoms with E-state index < -0.39 is 0 Å². The number of hydrogen-bond acceptors (Lipinski definition) is 2. The highest BCUT2D eigenvalue weighted by Gasteiger charge is 2.00. The third-order valence-electron chi connectivity index (χ3n) is 2.02. The predicted octanol–water partition coefficient (Wildman–Crippen LogP) is 1.11. The molecule has 1 rings (SSSR count). The number of nitrogens with two attached hydrogens (primary N) is 1. The van der Waals surface area contributed by atoms with Crippen LogP contribution in [-0.4, -0.2) is 25.0 Å². The van der Waals surface area contributed by atoms with Gasteiger partial charge >= 0.3 is 0 Å². The second-order valence-corrected chi connectivity index (χ2v) is 3.93. The summed E-state index contributed by atoms with van der Waals surface area (Å²) in [6, 6.07) is 9.20. The van der Waals surface area contributed by atoms with Crippen molar-refractivity contribution in [3.63, 3.8) is 0 Å². The van der Waals surface area contributed by atoms with Gasteiger partial charge in [-0.25, -0.2) is 4.99 Å². The summed E-state index contributed by atoms with van der Waals surface area (Å²) in [5, 5.41) is 5.56. The molecule has 18 heavy (non-hydrogen) atoms. The third kappa shape index (κ3) is 5.69. The molecule has 0 atom stereocenters. The fraction of sp³-hybridized carbons (Fsp3) is 0.231. The zero-order chi connectivity index (χ0) is 13.4. The fourth-order valence-electron chi connectivity index (χ4n) is 1.18. The van der Waals surface area contributed by atoms with E-state index in [1.54, 1.807) is 0 Å². The molecule has 0 radical (unpaired) electrons. The summed E-state index contributed by atoms with van der Waals surface area (Å²) in [5.41, 5.74) is 7.27. The maximum Gasteiger partial charge on any atom is 0.246 e. The van der Waals surface area contributed by atoms with Gasteiger partial charge in [-0.2, -0.15) is 0 Å². The SMILES string of the molecule is C=C(C)CNC(N)=NCC(=O)Nc1ccccc1. The van der Waals surface area contributed by atoms with E-state index in [0.29, 0.717) is 6.54 Å². The normalized spacial score (nSPS) is 10.8. The molecule has 4 N–H and O–H groups in total. The minimum atomic E-state index is -0.207. The van der Waals surface area contributed by atoms with Gasteiger partial charge in [-0.05, 0) is 19.1 Å². The van der Waals surface area contributed by atoms with E-state index in [1.807, 2.05) is 37.3 Å². The van der Waals surface area contributed by atoms with Crippen molar-refractivity contribution in [3.8, 4) is 0 Å². The first-order valence-electron chi connectivity index (χ1n) is 5.61. The second kappa shape index (κ2) is 7.11. The number of carbonyl (C=O) groups is 1. The standard InChI is InChI=1S/C13H18N4O/c1-10(2)8-15-13(14)16-9-12(18)17-11-6-4-3-5-7-11/h3-7H,1,8-9H2,2H3,(H,17,18)(H3,14,15,16). The molecule has 96 valence electrons. The number of aliphatic imine (C=N–C) groups is 1. The first-order chi connectivity index (χ1) is 8.58. The molecule has 0 saturated carbocycles. The summed E-state index contributed by atoms with van der Waals surface area (Å²) >= 11 is 0. The number of para-hydroxylation sites is 1. The Morgan fingerprint density at radius 2 is 2.06 bits per heavy atom. The van der Waals surface area contributed by atoms with Crippen molar-refractivity contribution in [2.45, 2.75) is 6.92 Å². The van der Waals surface area contributed by atoms with Crippen molar-refractivity contribution in [2.24, 2.45) is 10.7 Å².